The van der Waals surface area contributed by atoms with Crippen LogP contribution in [0.5, 0.6) is 5.75 Å². The van der Waals surface area contributed by atoms with Crippen molar-refractivity contribution in [3.8, 4) is 11.4 Å². The first-order valence-corrected chi connectivity index (χ1v) is 7.91. The maximum atomic E-state index is 11.4. The minimum Gasteiger partial charge on any atom is -0.424 e. The van der Waals surface area contributed by atoms with Crippen molar-refractivity contribution in [2.24, 2.45) is 0 Å². The summed E-state index contributed by atoms with van der Waals surface area (Å²) in [6.07, 6.45) is 0. The van der Waals surface area contributed by atoms with Crippen LogP contribution in [0, 0.1) is 6.92 Å². The SMILES string of the molecule is CC(=O)Oc1ccc(C(C)(C)C)cc1-n1nc2ccc(C)cc2n1. The van der Waals surface area contributed by atoms with Crippen molar-refractivity contribution in [1.82, 2.24) is 15.0 Å². The molecule has 2 aromatic carbocycles. The van der Waals surface area contributed by atoms with Gasteiger partial charge in [-0.05, 0) is 47.7 Å². The van der Waals surface area contributed by atoms with Crippen LogP contribution < -0.4 is 4.74 Å². The van der Waals surface area contributed by atoms with Crippen LogP contribution in [0.3, 0.4) is 0 Å². The van der Waals surface area contributed by atoms with Gasteiger partial charge in [0.1, 0.15) is 16.7 Å². The average Bonchev–Trinajstić information content (AvgIpc) is 2.88. The molecule has 1 heterocycles. The lowest BCUT2D eigenvalue weighted by Crippen LogP contribution is -2.14. The van der Waals surface area contributed by atoms with Gasteiger partial charge in [-0.3, -0.25) is 4.79 Å². The first-order chi connectivity index (χ1) is 11.2. The molecule has 0 fully saturated rings. The standard InChI is InChI=1S/C19H21N3O2/c1-12-6-8-15-16(10-12)21-22(20-15)17-11-14(19(3,4)5)7-9-18(17)24-13(2)23/h6-11H,1-5H3. The van der Waals surface area contributed by atoms with Crippen molar-refractivity contribution in [1.29, 1.82) is 0 Å². The molecule has 3 aromatic rings. The zero-order chi connectivity index (χ0) is 17.5. The number of aromatic nitrogens is 3. The number of esters is 1. The fourth-order valence-electron chi connectivity index (χ4n) is 2.51. The van der Waals surface area contributed by atoms with Crippen molar-refractivity contribution in [3.05, 3.63) is 47.5 Å². The molecule has 0 saturated carbocycles. The Balaban J connectivity index is 2.19. The molecule has 0 aliphatic rings. The minimum atomic E-state index is -0.368. The quantitative estimate of drug-likeness (QED) is 0.529. The number of benzene rings is 2. The predicted molar refractivity (Wildman–Crippen MR) is 93.6 cm³/mol. The summed E-state index contributed by atoms with van der Waals surface area (Å²) in [6, 6.07) is 11.7. The lowest BCUT2D eigenvalue weighted by atomic mass is 9.87. The van der Waals surface area contributed by atoms with Crippen LogP contribution in [-0.4, -0.2) is 21.0 Å². The van der Waals surface area contributed by atoms with Crippen LogP contribution >= 0.6 is 0 Å². The molecule has 0 spiro atoms. The van der Waals surface area contributed by atoms with E-state index in [4.69, 9.17) is 4.74 Å². The zero-order valence-corrected chi connectivity index (χ0v) is 14.6. The molecule has 0 saturated heterocycles. The maximum absolute atomic E-state index is 11.4. The van der Waals surface area contributed by atoms with Crippen LogP contribution in [0.4, 0.5) is 0 Å². The molecule has 0 aliphatic heterocycles. The molecule has 0 atom stereocenters. The summed E-state index contributed by atoms with van der Waals surface area (Å²) in [5, 5.41) is 9.08. The fourth-order valence-corrected chi connectivity index (χ4v) is 2.51. The largest absolute Gasteiger partial charge is 0.424 e. The third-order valence-corrected chi connectivity index (χ3v) is 3.83. The third kappa shape index (κ3) is 3.15. The Bertz CT molecular complexity index is 920. The summed E-state index contributed by atoms with van der Waals surface area (Å²) in [6.45, 7) is 9.80. The van der Waals surface area contributed by atoms with E-state index in [9.17, 15) is 4.79 Å². The molecule has 0 N–H and O–H groups in total. The van der Waals surface area contributed by atoms with Crippen LogP contribution in [0.25, 0.3) is 16.7 Å². The summed E-state index contributed by atoms with van der Waals surface area (Å²) in [5.41, 5.74) is 4.48. The number of carbonyl (C=O) groups excluding carboxylic acids is 1. The van der Waals surface area contributed by atoms with Gasteiger partial charge in [0.15, 0.2) is 5.75 Å². The lowest BCUT2D eigenvalue weighted by molar-refractivity contribution is -0.131. The number of rotatable bonds is 2. The Labute approximate surface area is 141 Å². The number of aryl methyl sites for hydroxylation is 1. The third-order valence-electron chi connectivity index (χ3n) is 3.83. The summed E-state index contributed by atoms with van der Waals surface area (Å²) in [7, 11) is 0. The van der Waals surface area contributed by atoms with E-state index in [1.54, 1.807) is 6.07 Å². The van der Waals surface area contributed by atoms with Gasteiger partial charge >= 0.3 is 5.97 Å². The molecular formula is C19H21N3O2. The molecule has 0 amide bonds. The molecule has 5 heteroatoms. The minimum absolute atomic E-state index is 0.0351. The van der Waals surface area contributed by atoms with E-state index in [0.29, 0.717) is 11.4 Å². The van der Waals surface area contributed by atoms with Gasteiger partial charge in [-0.15, -0.1) is 15.0 Å². The number of nitrogens with zero attached hydrogens (tertiary/aromatic N) is 3. The smallest absolute Gasteiger partial charge is 0.308 e. The van der Waals surface area contributed by atoms with Gasteiger partial charge in [-0.25, -0.2) is 0 Å². The molecule has 1 aromatic heterocycles. The Hall–Kier alpha value is -2.69. The lowest BCUT2D eigenvalue weighted by Gasteiger charge is -2.20. The first kappa shape index (κ1) is 16.2. The molecular weight excluding hydrogens is 302 g/mol. The van der Waals surface area contributed by atoms with E-state index < -0.39 is 0 Å². The van der Waals surface area contributed by atoms with E-state index in [0.717, 1.165) is 22.2 Å². The molecule has 3 rings (SSSR count). The number of hydrogen-bond acceptors (Lipinski definition) is 4. The van der Waals surface area contributed by atoms with E-state index in [1.807, 2.05) is 37.3 Å². The number of ether oxygens (including phenoxy) is 1. The molecule has 0 aliphatic carbocycles. The summed E-state index contributed by atoms with van der Waals surface area (Å²) in [5.74, 6) is 0.0832. The Morgan fingerprint density at radius 2 is 1.75 bits per heavy atom. The highest BCUT2D eigenvalue weighted by Crippen LogP contribution is 2.30. The van der Waals surface area contributed by atoms with Gasteiger partial charge in [0.25, 0.3) is 0 Å². The Morgan fingerprint density at radius 1 is 1.04 bits per heavy atom. The topological polar surface area (TPSA) is 57.0 Å². The zero-order valence-electron chi connectivity index (χ0n) is 14.6. The van der Waals surface area contributed by atoms with Gasteiger partial charge in [0.05, 0.1) is 0 Å². The molecule has 0 bridgehead atoms. The first-order valence-electron chi connectivity index (χ1n) is 7.91. The molecule has 0 radical (unpaired) electrons. The second-order valence-electron chi connectivity index (χ2n) is 7.01. The maximum Gasteiger partial charge on any atom is 0.308 e. The summed E-state index contributed by atoms with van der Waals surface area (Å²) >= 11 is 0. The highest BCUT2D eigenvalue weighted by molar-refractivity contribution is 5.75. The molecule has 24 heavy (non-hydrogen) atoms. The summed E-state index contributed by atoms with van der Waals surface area (Å²) in [4.78, 5) is 13.0. The average molecular weight is 323 g/mol. The normalized spacial score (nSPS) is 11.7. The highest BCUT2D eigenvalue weighted by Gasteiger charge is 2.19. The van der Waals surface area contributed by atoms with Crippen molar-refractivity contribution in [2.45, 2.75) is 40.0 Å². The second-order valence-corrected chi connectivity index (χ2v) is 7.01. The van der Waals surface area contributed by atoms with Crippen molar-refractivity contribution in [2.75, 3.05) is 0 Å². The molecule has 124 valence electrons. The number of fused-ring (bicyclic) bond motifs is 1. The van der Waals surface area contributed by atoms with E-state index in [2.05, 4.69) is 31.0 Å². The van der Waals surface area contributed by atoms with E-state index >= 15 is 0 Å². The van der Waals surface area contributed by atoms with E-state index in [1.165, 1.54) is 11.7 Å². The second kappa shape index (κ2) is 5.74. The molecule has 0 unspecified atom stereocenters. The Morgan fingerprint density at radius 3 is 2.42 bits per heavy atom. The summed E-state index contributed by atoms with van der Waals surface area (Å²) < 4.78 is 5.35. The predicted octanol–water partition coefficient (Wildman–Crippen LogP) is 3.95. The van der Waals surface area contributed by atoms with Crippen LogP contribution in [0.15, 0.2) is 36.4 Å². The van der Waals surface area contributed by atoms with Crippen LogP contribution in [-0.2, 0) is 10.2 Å². The van der Waals surface area contributed by atoms with Crippen molar-refractivity contribution < 1.29 is 9.53 Å². The van der Waals surface area contributed by atoms with Crippen LogP contribution in [0.1, 0.15) is 38.8 Å². The van der Waals surface area contributed by atoms with Crippen molar-refractivity contribution >= 4 is 17.0 Å². The number of hydrogen-bond donors (Lipinski definition) is 0. The van der Waals surface area contributed by atoms with E-state index in [-0.39, 0.29) is 11.4 Å². The van der Waals surface area contributed by atoms with Gasteiger partial charge in [-0.1, -0.05) is 32.9 Å². The monoisotopic (exact) mass is 323 g/mol. The van der Waals surface area contributed by atoms with Crippen LogP contribution in [0.2, 0.25) is 0 Å². The van der Waals surface area contributed by atoms with Gasteiger partial charge < -0.3 is 4.74 Å². The number of carbonyl (C=O) groups is 1. The highest BCUT2D eigenvalue weighted by atomic mass is 16.5. The van der Waals surface area contributed by atoms with Gasteiger partial charge in [0.2, 0.25) is 0 Å². The van der Waals surface area contributed by atoms with Gasteiger partial charge in [-0.2, -0.15) is 0 Å². The fraction of sp³-hybridized carbons (Fsp3) is 0.316. The van der Waals surface area contributed by atoms with Gasteiger partial charge in [0, 0.05) is 6.92 Å². The van der Waals surface area contributed by atoms with Crippen molar-refractivity contribution in [3.63, 3.8) is 0 Å². The molecule has 5 nitrogen and oxygen atoms in total. The Kier molecular flexibility index (Phi) is 3.87.